The Morgan fingerprint density at radius 2 is 1.71 bits per heavy atom. The van der Waals surface area contributed by atoms with Gasteiger partial charge < -0.3 is 23.8 Å². The van der Waals surface area contributed by atoms with Crippen LogP contribution in [0.4, 0.5) is 5.82 Å². The van der Waals surface area contributed by atoms with Crippen LogP contribution >= 0.6 is 0 Å². The van der Waals surface area contributed by atoms with E-state index < -0.39 is 10.0 Å². The number of methoxy groups -OCH3 is 2. The van der Waals surface area contributed by atoms with Crippen LogP contribution in [-0.2, 0) is 14.8 Å². The van der Waals surface area contributed by atoms with Gasteiger partial charge >= 0.3 is 0 Å². The molecule has 12 nitrogen and oxygen atoms in total. The van der Waals surface area contributed by atoms with Crippen molar-refractivity contribution in [1.82, 2.24) is 19.9 Å². The second-order valence-corrected chi connectivity index (χ2v) is 10.5. The Balaban J connectivity index is 1.80. The maximum atomic E-state index is 13.3. The number of amides is 1. The summed E-state index contributed by atoms with van der Waals surface area (Å²) >= 11 is 0. The molecule has 2 heterocycles. The van der Waals surface area contributed by atoms with Gasteiger partial charge in [-0.3, -0.25) is 9.52 Å². The SMILES string of the molecule is COc1ccccc1Oc1c(NS(=O)(=O)c2ccc(C)cn2)nc(-c2cccc(OCC(=O)N(C)C)c2)nc1OC. The Morgan fingerprint density at radius 1 is 0.951 bits per heavy atom. The Labute approximate surface area is 238 Å². The van der Waals surface area contributed by atoms with Gasteiger partial charge in [0.1, 0.15) is 5.75 Å². The highest BCUT2D eigenvalue weighted by Crippen LogP contribution is 2.41. The van der Waals surface area contributed by atoms with Gasteiger partial charge in [-0.2, -0.15) is 13.4 Å². The van der Waals surface area contributed by atoms with Crippen LogP contribution in [0.5, 0.6) is 28.9 Å². The Hall–Kier alpha value is -4.91. The van der Waals surface area contributed by atoms with E-state index in [1.54, 1.807) is 75.6 Å². The van der Waals surface area contributed by atoms with Crippen LogP contribution < -0.4 is 23.7 Å². The summed E-state index contributed by atoms with van der Waals surface area (Å²) in [6.45, 7) is 1.63. The first kappa shape index (κ1) is 29.1. The molecule has 0 atom stereocenters. The van der Waals surface area contributed by atoms with E-state index in [0.717, 1.165) is 5.56 Å². The summed E-state index contributed by atoms with van der Waals surface area (Å²) in [5.74, 6) is 0.602. The maximum Gasteiger partial charge on any atom is 0.280 e. The number of para-hydroxylation sites is 2. The first-order chi connectivity index (χ1) is 19.6. The predicted molar refractivity (Wildman–Crippen MR) is 151 cm³/mol. The number of likely N-dealkylation sites (N-methyl/N-ethyl adjacent to an activating group) is 1. The van der Waals surface area contributed by atoms with Crippen molar-refractivity contribution in [3.05, 3.63) is 72.4 Å². The molecule has 0 bridgehead atoms. The third kappa shape index (κ3) is 7.00. The second-order valence-electron chi connectivity index (χ2n) is 8.87. The Morgan fingerprint density at radius 3 is 2.37 bits per heavy atom. The molecular formula is C28H29N5O7S. The number of rotatable bonds is 11. The summed E-state index contributed by atoms with van der Waals surface area (Å²) in [4.78, 5) is 26.4. The van der Waals surface area contributed by atoms with Crippen LogP contribution in [0, 0.1) is 6.92 Å². The minimum absolute atomic E-state index is 0.0513. The normalized spacial score (nSPS) is 11.0. The van der Waals surface area contributed by atoms with E-state index in [2.05, 4.69) is 19.7 Å². The van der Waals surface area contributed by atoms with Crippen molar-refractivity contribution in [3.63, 3.8) is 0 Å². The van der Waals surface area contributed by atoms with Crippen molar-refractivity contribution >= 4 is 21.7 Å². The zero-order valence-electron chi connectivity index (χ0n) is 23.1. The quantitative estimate of drug-likeness (QED) is 0.278. The molecule has 2 aromatic heterocycles. The van der Waals surface area contributed by atoms with E-state index in [4.69, 9.17) is 18.9 Å². The highest BCUT2D eigenvalue weighted by molar-refractivity contribution is 7.92. The molecule has 0 saturated heterocycles. The standard InChI is InChI=1S/C28H29N5O7S/c1-18-13-14-23(29-16-18)41(35,36)32-27-25(40-22-12-7-6-11-21(22)37-4)28(38-5)31-26(30-27)19-9-8-10-20(15-19)39-17-24(34)33(2)3/h6-16H,17H2,1-5H3,(H,30,31,32). The lowest BCUT2D eigenvalue weighted by molar-refractivity contribution is -0.130. The van der Waals surface area contributed by atoms with Crippen molar-refractivity contribution in [1.29, 1.82) is 0 Å². The van der Waals surface area contributed by atoms with Gasteiger partial charge in [0.2, 0.25) is 5.75 Å². The fraction of sp³-hybridized carbons (Fsp3) is 0.214. The van der Waals surface area contributed by atoms with Crippen molar-refractivity contribution < 1.29 is 32.2 Å². The number of ether oxygens (including phenoxy) is 4. The van der Waals surface area contributed by atoms with Gasteiger partial charge in [0.25, 0.3) is 21.8 Å². The highest BCUT2D eigenvalue weighted by atomic mass is 32.2. The molecule has 13 heteroatoms. The number of pyridine rings is 1. The molecule has 0 saturated carbocycles. The molecule has 0 spiro atoms. The molecular weight excluding hydrogens is 550 g/mol. The number of sulfonamides is 1. The van der Waals surface area contributed by atoms with Gasteiger partial charge in [0.15, 0.2) is 34.8 Å². The third-order valence-corrected chi connectivity index (χ3v) is 6.91. The highest BCUT2D eigenvalue weighted by Gasteiger charge is 2.25. The van der Waals surface area contributed by atoms with Gasteiger partial charge in [0.05, 0.1) is 14.2 Å². The summed E-state index contributed by atoms with van der Waals surface area (Å²) in [6, 6.07) is 16.5. The largest absolute Gasteiger partial charge is 0.493 e. The zero-order valence-corrected chi connectivity index (χ0v) is 23.9. The fourth-order valence-electron chi connectivity index (χ4n) is 3.46. The molecule has 0 aliphatic rings. The number of carbonyl (C=O) groups is 1. The number of carbonyl (C=O) groups excluding carboxylic acids is 1. The van der Waals surface area contributed by atoms with Crippen molar-refractivity contribution in [2.75, 3.05) is 39.6 Å². The van der Waals surface area contributed by atoms with Gasteiger partial charge in [-0.25, -0.2) is 9.97 Å². The number of hydrogen-bond donors (Lipinski definition) is 1. The molecule has 4 aromatic rings. The lowest BCUT2D eigenvalue weighted by atomic mass is 10.2. The molecule has 0 unspecified atom stereocenters. The lowest BCUT2D eigenvalue weighted by Gasteiger charge is -2.17. The number of anilines is 1. The Bertz CT molecular complexity index is 1640. The van der Waals surface area contributed by atoms with Gasteiger partial charge in [-0.1, -0.05) is 30.3 Å². The summed E-state index contributed by atoms with van der Waals surface area (Å²) in [5, 5.41) is -0.216. The van der Waals surface area contributed by atoms with Crippen LogP contribution in [0.1, 0.15) is 5.56 Å². The second kappa shape index (κ2) is 12.5. The number of nitrogens with zero attached hydrogens (tertiary/aromatic N) is 4. The topological polar surface area (TPSA) is 142 Å². The summed E-state index contributed by atoms with van der Waals surface area (Å²) in [5.41, 5.74) is 1.26. The number of aromatic nitrogens is 3. The molecule has 4 rings (SSSR count). The van der Waals surface area contributed by atoms with Gasteiger partial charge in [-0.05, 0) is 42.8 Å². The van der Waals surface area contributed by atoms with Crippen molar-refractivity contribution in [2.45, 2.75) is 11.9 Å². The fourth-order valence-corrected chi connectivity index (χ4v) is 4.40. The van der Waals surface area contributed by atoms with E-state index in [9.17, 15) is 13.2 Å². The molecule has 0 fully saturated rings. The molecule has 214 valence electrons. The van der Waals surface area contributed by atoms with E-state index in [1.165, 1.54) is 31.4 Å². The van der Waals surface area contributed by atoms with Gasteiger partial charge in [-0.15, -0.1) is 0 Å². The van der Waals surface area contributed by atoms with Crippen molar-refractivity contribution in [3.8, 4) is 40.3 Å². The first-order valence-electron chi connectivity index (χ1n) is 12.3. The van der Waals surface area contributed by atoms with Gasteiger partial charge in [0, 0.05) is 25.9 Å². The monoisotopic (exact) mass is 579 g/mol. The predicted octanol–water partition coefficient (Wildman–Crippen LogP) is 3.92. The number of benzene rings is 2. The van der Waals surface area contributed by atoms with Crippen molar-refractivity contribution in [2.24, 2.45) is 0 Å². The molecule has 0 radical (unpaired) electrons. The minimum atomic E-state index is -4.20. The zero-order chi connectivity index (χ0) is 29.6. The van der Waals surface area contributed by atoms with E-state index in [-0.39, 0.29) is 46.6 Å². The third-order valence-electron chi connectivity index (χ3n) is 5.65. The molecule has 41 heavy (non-hydrogen) atoms. The van der Waals surface area contributed by atoms with Crippen LogP contribution in [0.2, 0.25) is 0 Å². The lowest BCUT2D eigenvalue weighted by Crippen LogP contribution is -2.27. The molecule has 0 aliphatic heterocycles. The molecule has 1 N–H and O–H groups in total. The van der Waals surface area contributed by atoms with E-state index in [0.29, 0.717) is 17.1 Å². The van der Waals surface area contributed by atoms with Crippen LogP contribution in [0.15, 0.2) is 71.9 Å². The maximum absolute atomic E-state index is 13.3. The van der Waals surface area contributed by atoms with E-state index in [1.807, 2.05) is 0 Å². The number of nitrogens with one attached hydrogen (secondary N) is 1. The average molecular weight is 580 g/mol. The Kier molecular flexibility index (Phi) is 8.87. The summed E-state index contributed by atoms with van der Waals surface area (Å²) in [6.07, 6.45) is 1.44. The number of hydrogen-bond acceptors (Lipinski definition) is 10. The smallest absolute Gasteiger partial charge is 0.280 e. The van der Waals surface area contributed by atoms with Crippen LogP contribution in [0.25, 0.3) is 11.4 Å². The number of aryl methyl sites for hydroxylation is 1. The summed E-state index contributed by atoms with van der Waals surface area (Å²) in [7, 11) is 1.90. The molecule has 2 aromatic carbocycles. The van der Waals surface area contributed by atoms with Crippen LogP contribution in [-0.4, -0.2) is 69.1 Å². The first-order valence-corrected chi connectivity index (χ1v) is 13.8. The molecule has 1 amide bonds. The van der Waals surface area contributed by atoms with Crippen LogP contribution in [0.3, 0.4) is 0 Å². The minimum Gasteiger partial charge on any atom is -0.493 e. The van der Waals surface area contributed by atoms with E-state index >= 15 is 0 Å². The summed E-state index contributed by atoms with van der Waals surface area (Å²) < 4.78 is 51.7. The average Bonchev–Trinajstić information content (AvgIpc) is 2.97. The molecule has 0 aliphatic carbocycles.